The number of aryl methyl sites for hydroxylation is 1. The fourth-order valence-electron chi connectivity index (χ4n) is 1.87. The number of para-hydroxylation sites is 2. The van der Waals surface area contributed by atoms with Crippen molar-refractivity contribution in [2.75, 3.05) is 6.61 Å². The molecule has 0 aliphatic heterocycles. The molecule has 0 fully saturated rings. The molecule has 0 bridgehead atoms. The molecule has 4 heteroatoms. The lowest BCUT2D eigenvalue weighted by molar-refractivity contribution is -0.137. The summed E-state index contributed by atoms with van der Waals surface area (Å²) in [5.41, 5.74) is 2.04. The Labute approximate surface area is 106 Å². The average molecular weight is 244 g/mol. The molecule has 0 aliphatic carbocycles. The van der Waals surface area contributed by atoms with Crippen LogP contribution >= 0.6 is 0 Å². The molecule has 1 aromatic carbocycles. The van der Waals surface area contributed by atoms with Crippen LogP contribution in [0.25, 0.3) is 11.0 Å². The van der Waals surface area contributed by atoms with Gasteiger partial charge in [-0.25, -0.2) is 9.78 Å². The van der Waals surface area contributed by atoms with Crippen LogP contribution in [-0.2, 0) is 16.1 Å². The molecule has 0 N–H and O–H groups in total. The van der Waals surface area contributed by atoms with Crippen molar-refractivity contribution >= 4 is 17.0 Å². The summed E-state index contributed by atoms with van der Waals surface area (Å²) in [4.78, 5) is 15.6. The normalized spacial score (nSPS) is 11.2. The lowest BCUT2D eigenvalue weighted by atomic mass is 10.3. The van der Waals surface area contributed by atoms with Gasteiger partial charge in [0.15, 0.2) is 0 Å². The summed E-state index contributed by atoms with van der Waals surface area (Å²) < 4.78 is 6.89. The van der Waals surface area contributed by atoms with Gasteiger partial charge in [0.2, 0.25) is 0 Å². The lowest BCUT2D eigenvalue weighted by Crippen LogP contribution is -2.01. The highest BCUT2D eigenvalue weighted by atomic mass is 16.5. The molecule has 2 aromatic rings. The van der Waals surface area contributed by atoms with Crippen molar-refractivity contribution in [1.82, 2.24) is 9.55 Å². The molecule has 0 radical (unpaired) electrons. The summed E-state index contributed by atoms with van der Waals surface area (Å²) in [5, 5.41) is 0. The zero-order valence-corrected chi connectivity index (χ0v) is 10.6. The van der Waals surface area contributed by atoms with Gasteiger partial charge in [-0.1, -0.05) is 18.2 Å². The molecular weight excluding hydrogens is 228 g/mol. The Morgan fingerprint density at radius 1 is 1.44 bits per heavy atom. The zero-order valence-electron chi connectivity index (χ0n) is 10.6. The standard InChI is InChI=1S/C14H16N2O2/c1-3-18-14(17)9-6-10-16-11(2)15-12-7-4-5-8-13(12)16/h4-9H,3,10H2,1-2H3/b9-6+. The number of carbonyl (C=O) groups excluding carboxylic acids is 1. The first-order valence-electron chi connectivity index (χ1n) is 5.97. The monoisotopic (exact) mass is 244 g/mol. The molecule has 0 saturated carbocycles. The van der Waals surface area contributed by atoms with E-state index >= 15 is 0 Å². The number of fused-ring (bicyclic) bond motifs is 1. The second-order valence-corrected chi connectivity index (χ2v) is 3.91. The molecule has 0 aliphatic rings. The van der Waals surface area contributed by atoms with Crippen molar-refractivity contribution < 1.29 is 9.53 Å². The average Bonchev–Trinajstić information content (AvgIpc) is 2.66. The van der Waals surface area contributed by atoms with Gasteiger partial charge in [-0.15, -0.1) is 0 Å². The Bertz CT molecular complexity index is 584. The molecule has 0 atom stereocenters. The minimum absolute atomic E-state index is 0.306. The number of aromatic nitrogens is 2. The third kappa shape index (κ3) is 2.59. The number of benzene rings is 1. The van der Waals surface area contributed by atoms with E-state index in [0.717, 1.165) is 16.9 Å². The summed E-state index contributed by atoms with van der Waals surface area (Å²) in [6.45, 7) is 4.76. The van der Waals surface area contributed by atoms with Crippen molar-refractivity contribution in [3.05, 3.63) is 42.2 Å². The number of carbonyl (C=O) groups is 1. The quantitative estimate of drug-likeness (QED) is 0.613. The minimum Gasteiger partial charge on any atom is -0.463 e. The van der Waals surface area contributed by atoms with E-state index in [-0.39, 0.29) is 5.97 Å². The number of allylic oxidation sites excluding steroid dienone is 1. The van der Waals surface area contributed by atoms with Crippen LogP contribution in [0, 0.1) is 6.92 Å². The lowest BCUT2D eigenvalue weighted by Gasteiger charge is -2.02. The van der Waals surface area contributed by atoms with Gasteiger partial charge in [-0.2, -0.15) is 0 Å². The van der Waals surface area contributed by atoms with Crippen LogP contribution < -0.4 is 0 Å². The third-order valence-corrected chi connectivity index (χ3v) is 2.67. The number of hydrogen-bond donors (Lipinski definition) is 0. The van der Waals surface area contributed by atoms with Gasteiger partial charge in [0.25, 0.3) is 0 Å². The summed E-state index contributed by atoms with van der Waals surface area (Å²) in [6.07, 6.45) is 3.25. The van der Waals surface area contributed by atoms with Crippen LogP contribution in [0.2, 0.25) is 0 Å². The maximum absolute atomic E-state index is 11.2. The number of esters is 1. The van der Waals surface area contributed by atoms with Gasteiger partial charge >= 0.3 is 5.97 Å². The number of hydrogen-bond acceptors (Lipinski definition) is 3. The highest BCUT2D eigenvalue weighted by molar-refractivity contribution is 5.82. The van der Waals surface area contributed by atoms with Crippen LogP contribution in [0.4, 0.5) is 0 Å². The number of ether oxygens (including phenoxy) is 1. The van der Waals surface area contributed by atoms with E-state index in [1.165, 1.54) is 6.08 Å². The molecule has 94 valence electrons. The Morgan fingerprint density at radius 3 is 3.00 bits per heavy atom. The summed E-state index contributed by atoms with van der Waals surface area (Å²) in [7, 11) is 0. The fraction of sp³-hybridized carbons (Fsp3) is 0.286. The van der Waals surface area contributed by atoms with Gasteiger partial charge in [-0.05, 0) is 26.0 Å². The molecule has 1 heterocycles. The van der Waals surface area contributed by atoms with E-state index in [1.807, 2.05) is 31.2 Å². The molecule has 0 spiro atoms. The first-order valence-corrected chi connectivity index (χ1v) is 5.97. The van der Waals surface area contributed by atoms with Crippen LogP contribution in [0.15, 0.2) is 36.4 Å². The highest BCUT2D eigenvalue weighted by Gasteiger charge is 2.04. The maximum Gasteiger partial charge on any atom is 0.330 e. The van der Waals surface area contributed by atoms with E-state index in [2.05, 4.69) is 9.55 Å². The topological polar surface area (TPSA) is 44.1 Å². The summed E-state index contributed by atoms with van der Waals surface area (Å²) >= 11 is 0. The first kappa shape index (κ1) is 12.4. The van der Waals surface area contributed by atoms with Crippen molar-refractivity contribution in [3.63, 3.8) is 0 Å². The summed E-state index contributed by atoms with van der Waals surface area (Å²) in [6, 6.07) is 7.95. The molecule has 2 rings (SSSR count). The number of rotatable bonds is 4. The Morgan fingerprint density at radius 2 is 2.22 bits per heavy atom. The second kappa shape index (κ2) is 5.49. The van der Waals surface area contributed by atoms with E-state index in [9.17, 15) is 4.79 Å². The van der Waals surface area contributed by atoms with Crippen molar-refractivity contribution in [2.24, 2.45) is 0 Å². The molecular formula is C14H16N2O2. The largest absolute Gasteiger partial charge is 0.463 e. The van der Waals surface area contributed by atoms with E-state index in [0.29, 0.717) is 13.2 Å². The van der Waals surface area contributed by atoms with Gasteiger partial charge in [0.05, 0.1) is 17.6 Å². The van der Waals surface area contributed by atoms with E-state index in [4.69, 9.17) is 4.74 Å². The van der Waals surface area contributed by atoms with E-state index < -0.39 is 0 Å². The SMILES string of the molecule is CCOC(=O)/C=C/Cn1c(C)nc2ccccc21. The van der Waals surface area contributed by atoms with Gasteiger partial charge in [0, 0.05) is 12.6 Å². The van der Waals surface area contributed by atoms with Crippen LogP contribution in [0.3, 0.4) is 0 Å². The van der Waals surface area contributed by atoms with Crippen LogP contribution in [0.5, 0.6) is 0 Å². The smallest absolute Gasteiger partial charge is 0.330 e. The number of nitrogens with zero attached hydrogens (tertiary/aromatic N) is 2. The molecule has 0 saturated heterocycles. The molecule has 4 nitrogen and oxygen atoms in total. The van der Waals surface area contributed by atoms with E-state index in [1.54, 1.807) is 13.0 Å². The number of imidazole rings is 1. The first-order chi connectivity index (χ1) is 8.72. The third-order valence-electron chi connectivity index (χ3n) is 2.67. The molecule has 0 amide bonds. The molecule has 1 aromatic heterocycles. The predicted molar refractivity (Wildman–Crippen MR) is 70.2 cm³/mol. The van der Waals surface area contributed by atoms with Crippen LogP contribution in [0.1, 0.15) is 12.7 Å². The Balaban J connectivity index is 2.17. The predicted octanol–water partition coefficient (Wildman–Crippen LogP) is 2.46. The molecule has 18 heavy (non-hydrogen) atoms. The van der Waals surface area contributed by atoms with Gasteiger partial charge in [0.1, 0.15) is 5.82 Å². The van der Waals surface area contributed by atoms with Gasteiger partial charge < -0.3 is 9.30 Å². The van der Waals surface area contributed by atoms with Crippen molar-refractivity contribution in [1.29, 1.82) is 0 Å². The highest BCUT2D eigenvalue weighted by Crippen LogP contribution is 2.15. The minimum atomic E-state index is -0.306. The second-order valence-electron chi connectivity index (χ2n) is 3.91. The molecule has 0 unspecified atom stereocenters. The Kier molecular flexibility index (Phi) is 3.77. The zero-order chi connectivity index (χ0) is 13.0. The van der Waals surface area contributed by atoms with Crippen LogP contribution in [-0.4, -0.2) is 22.1 Å². The van der Waals surface area contributed by atoms with Crippen molar-refractivity contribution in [3.8, 4) is 0 Å². The van der Waals surface area contributed by atoms with Crippen molar-refractivity contribution in [2.45, 2.75) is 20.4 Å². The van der Waals surface area contributed by atoms with Gasteiger partial charge in [-0.3, -0.25) is 0 Å². The summed E-state index contributed by atoms with van der Waals surface area (Å²) in [5.74, 6) is 0.629. The maximum atomic E-state index is 11.2. The fourth-order valence-corrected chi connectivity index (χ4v) is 1.87. The Hall–Kier alpha value is -2.10.